The van der Waals surface area contributed by atoms with Gasteiger partial charge in [-0.3, -0.25) is 9.78 Å². The van der Waals surface area contributed by atoms with E-state index in [1.165, 1.54) is 6.20 Å². The molecule has 6 nitrogen and oxygen atoms in total. The molecule has 0 atom stereocenters. The zero-order valence-corrected chi connectivity index (χ0v) is 8.54. The number of hydrogen-bond donors (Lipinski definition) is 3. The molecule has 0 saturated carbocycles. The lowest BCUT2D eigenvalue weighted by atomic mass is 10.5. The fourth-order valence-electron chi connectivity index (χ4n) is 1.05. The van der Waals surface area contributed by atoms with E-state index in [1.807, 2.05) is 0 Å². The van der Waals surface area contributed by atoms with E-state index in [1.54, 1.807) is 11.6 Å². The minimum absolute atomic E-state index is 0.0644. The molecule has 4 N–H and O–H groups in total. The molecule has 0 amide bonds. The van der Waals surface area contributed by atoms with Crippen molar-refractivity contribution in [1.82, 2.24) is 15.0 Å². The van der Waals surface area contributed by atoms with Crippen molar-refractivity contribution in [3.8, 4) is 0 Å². The number of rotatable bonds is 3. The van der Waals surface area contributed by atoms with Crippen LogP contribution >= 0.6 is 11.3 Å². The summed E-state index contributed by atoms with van der Waals surface area (Å²) in [7, 11) is 0. The maximum atomic E-state index is 10.8. The third-order valence-corrected chi connectivity index (χ3v) is 2.40. The molecule has 2 rings (SSSR count). The van der Waals surface area contributed by atoms with Crippen LogP contribution in [0.5, 0.6) is 0 Å². The molecule has 7 heteroatoms. The predicted molar refractivity (Wildman–Crippen MR) is 58.7 cm³/mol. The van der Waals surface area contributed by atoms with Gasteiger partial charge in [-0.25, -0.2) is 4.98 Å². The molecular weight excluding hydrogens is 214 g/mol. The summed E-state index contributed by atoms with van der Waals surface area (Å²) < 4.78 is 0. The second-order valence-corrected chi connectivity index (χ2v) is 3.70. The van der Waals surface area contributed by atoms with Gasteiger partial charge < -0.3 is 16.0 Å². The van der Waals surface area contributed by atoms with E-state index in [0.717, 1.165) is 17.0 Å². The number of aromatic nitrogens is 3. The third-order valence-electron chi connectivity index (χ3n) is 1.68. The van der Waals surface area contributed by atoms with Crippen molar-refractivity contribution in [3.05, 3.63) is 33.1 Å². The highest BCUT2D eigenvalue weighted by molar-refractivity contribution is 7.07. The van der Waals surface area contributed by atoms with Gasteiger partial charge in [-0.2, -0.15) is 0 Å². The highest BCUT2D eigenvalue weighted by Crippen LogP contribution is 2.05. The molecule has 0 unspecified atom stereocenters. The van der Waals surface area contributed by atoms with Crippen molar-refractivity contribution in [2.45, 2.75) is 6.54 Å². The average molecular weight is 223 g/mol. The Kier molecular flexibility index (Phi) is 2.64. The van der Waals surface area contributed by atoms with Crippen LogP contribution in [-0.4, -0.2) is 15.0 Å². The van der Waals surface area contributed by atoms with Crippen molar-refractivity contribution in [2.24, 2.45) is 0 Å². The number of nitrogens with zero attached hydrogens (tertiary/aromatic N) is 2. The van der Waals surface area contributed by atoms with Crippen LogP contribution in [-0.2, 0) is 6.54 Å². The lowest BCUT2D eigenvalue weighted by Gasteiger charge is -2.02. The minimum atomic E-state index is -0.0644. The molecule has 2 aromatic rings. The van der Waals surface area contributed by atoms with Crippen LogP contribution < -0.4 is 15.9 Å². The highest BCUT2D eigenvalue weighted by Gasteiger charge is 1.98. The van der Waals surface area contributed by atoms with E-state index in [4.69, 9.17) is 5.73 Å². The first-order chi connectivity index (χ1) is 7.24. The average Bonchev–Trinajstić information content (AvgIpc) is 2.62. The fourth-order valence-corrected chi connectivity index (χ4v) is 1.63. The first-order valence-electron chi connectivity index (χ1n) is 4.22. The van der Waals surface area contributed by atoms with Gasteiger partial charge in [-0.15, -0.1) is 0 Å². The molecule has 0 radical (unpaired) electrons. The number of hydrogen-bond acceptors (Lipinski definition) is 6. The molecule has 0 spiro atoms. The van der Waals surface area contributed by atoms with Gasteiger partial charge in [0.25, 0.3) is 0 Å². The Bertz CT molecular complexity index is 505. The normalized spacial score (nSPS) is 10.1. The molecule has 2 heterocycles. The summed E-state index contributed by atoms with van der Waals surface area (Å²) >= 11 is 1.13. The molecular formula is C8H9N5OS. The van der Waals surface area contributed by atoms with Crippen molar-refractivity contribution >= 4 is 23.0 Å². The number of nitrogen functional groups attached to an aromatic ring is 1. The van der Waals surface area contributed by atoms with Crippen LogP contribution in [0.25, 0.3) is 0 Å². The van der Waals surface area contributed by atoms with Gasteiger partial charge >= 0.3 is 4.87 Å². The summed E-state index contributed by atoms with van der Waals surface area (Å²) in [6.07, 6.45) is 3.04. The summed E-state index contributed by atoms with van der Waals surface area (Å²) in [6, 6.07) is 0. The van der Waals surface area contributed by atoms with Gasteiger partial charge in [0.1, 0.15) is 11.6 Å². The van der Waals surface area contributed by atoms with E-state index in [-0.39, 0.29) is 4.87 Å². The largest absolute Gasteiger partial charge is 0.382 e. The second kappa shape index (κ2) is 4.09. The Labute approximate surface area is 89.2 Å². The van der Waals surface area contributed by atoms with Crippen molar-refractivity contribution in [3.63, 3.8) is 0 Å². The molecule has 0 bridgehead atoms. The second-order valence-electron chi connectivity index (χ2n) is 2.86. The number of anilines is 2. The van der Waals surface area contributed by atoms with Crippen molar-refractivity contribution in [1.29, 1.82) is 0 Å². The number of nitrogens with two attached hydrogens (primary N) is 1. The summed E-state index contributed by atoms with van der Waals surface area (Å²) in [6.45, 7) is 0.497. The summed E-state index contributed by atoms with van der Waals surface area (Å²) in [5.41, 5.74) is 6.28. The van der Waals surface area contributed by atoms with Crippen LogP contribution in [0.15, 0.2) is 22.6 Å². The molecule has 0 aliphatic heterocycles. The molecule has 0 aliphatic rings. The van der Waals surface area contributed by atoms with Gasteiger partial charge in [0.15, 0.2) is 0 Å². The number of H-pyrrole nitrogens is 1. The summed E-state index contributed by atoms with van der Waals surface area (Å²) in [5.74, 6) is 0.945. The lowest BCUT2D eigenvalue weighted by Crippen LogP contribution is -2.05. The topological polar surface area (TPSA) is 96.7 Å². The van der Waals surface area contributed by atoms with E-state index in [9.17, 15) is 4.79 Å². The first-order valence-corrected chi connectivity index (χ1v) is 5.10. The number of aromatic amines is 1. The first kappa shape index (κ1) is 9.66. The maximum Gasteiger partial charge on any atom is 0.304 e. The Morgan fingerprint density at radius 2 is 2.40 bits per heavy atom. The van der Waals surface area contributed by atoms with Crippen molar-refractivity contribution < 1.29 is 0 Å². The number of nitrogens with one attached hydrogen (secondary N) is 2. The van der Waals surface area contributed by atoms with Gasteiger partial charge in [0, 0.05) is 11.1 Å². The quantitative estimate of drug-likeness (QED) is 0.700. The Hall–Kier alpha value is -1.89. The highest BCUT2D eigenvalue weighted by atomic mass is 32.1. The summed E-state index contributed by atoms with van der Waals surface area (Å²) in [4.78, 5) is 21.4. The molecule has 78 valence electrons. The van der Waals surface area contributed by atoms with Gasteiger partial charge in [0.05, 0.1) is 18.9 Å². The van der Waals surface area contributed by atoms with Gasteiger partial charge in [-0.1, -0.05) is 11.3 Å². The van der Waals surface area contributed by atoms with Crippen LogP contribution in [0.1, 0.15) is 5.69 Å². The Morgan fingerprint density at radius 3 is 3.07 bits per heavy atom. The molecule has 15 heavy (non-hydrogen) atoms. The monoisotopic (exact) mass is 223 g/mol. The third kappa shape index (κ3) is 2.53. The molecule has 0 aromatic carbocycles. The van der Waals surface area contributed by atoms with E-state index in [2.05, 4.69) is 20.3 Å². The molecule has 2 aromatic heterocycles. The molecule has 0 saturated heterocycles. The van der Waals surface area contributed by atoms with Crippen LogP contribution in [0.4, 0.5) is 11.6 Å². The summed E-state index contributed by atoms with van der Waals surface area (Å²) in [5, 5.41) is 4.76. The SMILES string of the molecule is Nc1cncc(NCc2csc(=O)[nH]2)n1. The smallest absolute Gasteiger partial charge is 0.304 e. The van der Waals surface area contributed by atoms with E-state index < -0.39 is 0 Å². The van der Waals surface area contributed by atoms with Crippen LogP contribution in [0, 0.1) is 0 Å². The van der Waals surface area contributed by atoms with Crippen LogP contribution in [0.3, 0.4) is 0 Å². The van der Waals surface area contributed by atoms with E-state index >= 15 is 0 Å². The van der Waals surface area contributed by atoms with Gasteiger partial charge in [0.2, 0.25) is 0 Å². The van der Waals surface area contributed by atoms with E-state index in [0.29, 0.717) is 18.2 Å². The van der Waals surface area contributed by atoms with Gasteiger partial charge in [-0.05, 0) is 0 Å². The fraction of sp³-hybridized carbons (Fsp3) is 0.125. The van der Waals surface area contributed by atoms with Crippen molar-refractivity contribution in [2.75, 3.05) is 11.1 Å². The zero-order valence-electron chi connectivity index (χ0n) is 7.73. The molecule has 0 aliphatic carbocycles. The molecule has 0 fully saturated rings. The Morgan fingerprint density at radius 1 is 1.53 bits per heavy atom. The lowest BCUT2D eigenvalue weighted by molar-refractivity contribution is 1.03. The Balaban J connectivity index is 2.02. The standard InChI is InChI=1S/C8H9N5OS/c9-6-2-10-3-7(13-6)11-1-5-4-15-8(14)12-5/h2-4H,1H2,(H,12,14)(H3,9,11,13). The zero-order chi connectivity index (χ0) is 10.7. The number of thiazole rings is 1. The van der Waals surface area contributed by atoms with Crippen LogP contribution in [0.2, 0.25) is 0 Å². The predicted octanol–water partition coefficient (Wildman–Crippen LogP) is 0.421. The maximum absolute atomic E-state index is 10.8. The minimum Gasteiger partial charge on any atom is -0.382 e.